The lowest BCUT2D eigenvalue weighted by molar-refractivity contribution is 0.141. The van der Waals surface area contributed by atoms with Crippen molar-refractivity contribution in [3.05, 3.63) is 59.9 Å². The summed E-state index contributed by atoms with van der Waals surface area (Å²) < 4.78 is 5.41. The number of benzene rings is 1. The number of aromatic nitrogens is 1. The Balaban J connectivity index is 1.63. The molecule has 0 bridgehead atoms. The van der Waals surface area contributed by atoms with Crippen LogP contribution in [0.4, 0.5) is 0 Å². The molecule has 2 aromatic rings. The van der Waals surface area contributed by atoms with E-state index in [0.717, 1.165) is 25.3 Å². The molecule has 4 nitrogen and oxygen atoms in total. The lowest BCUT2D eigenvalue weighted by Crippen LogP contribution is -2.21. The zero-order chi connectivity index (χ0) is 15.4. The van der Waals surface area contributed by atoms with Gasteiger partial charge in [-0.1, -0.05) is 18.2 Å². The number of para-hydroxylation sites is 1. The number of β-amino-alcohol motifs (C(OH)–C–C–N with tert-alkyl or cyclic N) is 1. The van der Waals surface area contributed by atoms with E-state index in [1.54, 1.807) is 7.11 Å². The summed E-state index contributed by atoms with van der Waals surface area (Å²) in [4.78, 5) is 6.34. The second kappa shape index (κ2) is 6.90. The Labute approximate surface area is 131 Å². The fourth-order valence-electron chi connectivity index (χ4n) is 3.17. The van der Waals surface area contributed by atoms with Gasteiger partial charge in [-0.3, -0.25) is 9.88 Å². The van der Waals surface area contributed by atoms with Crippen LogP contribution in [-0.4, -0.2) is 41.3 Å². The van der Waals surface area contributed by atoms with E-state index >= 15 is 0 Å². The van der Waals surface area contributed by atoms with Crippen LogP contribution in [-0.2, 0) is 13.0 Å². The van der Waals surface area contributed by atoms with Crippen LogP contribution < -0.4 is 4.74 Å². The van der Waals surface area contributed by atoms with E-state index in [0.29, 0.717) is 6.54 Å². The van der Waals surface area contributed by atoms with Gasteiger partial charge >= 0.3 is 0 Å². The van der Waals surface area contributed by atoms with E-state index in [2.05, 4.69) is 16.0 Å². The second-order valence-corrected chi connectivity index (χ2v) is 5.89. The summed E-state index contributed by atoms with van der Waals surface area (Å²) >= 11 is 0. The van der Waals surface area contributed by atoms with Crippen molar-refractivity contribution < 1.29 is 9.84 Å². The average Bonchev–Trinajstić information content (AvgIpc) is 2.88. The van der Waals surface area contributed by atoms with Gasteiger partial charge in [0.05, 0.1) is 13.2 Å². The summed E-state index contributed by atoms with van der Waals surface area (Å²) in [5, 5.41) is 10.3. The number of pyridine rings is 1. The third-order valence-corrected chi connectivity index (χ3v) is 4.32. The van der Waals surface area contributed by atoms with Crippen molar-refractivity contribution >= 4 is 0 Å². The van der Waals surface area contributed by atoms with Gasteiger partial charge < -0.3 is 9.84 Å². The average molecular weight is 298 g/mol. The van der Waals surface area contributed by atoms with Crippen LogP contribution in [0.3, 0.4) is 0 Å². The summed E-state index contributed by atoms with van der Waals surface area (Å²) in [5.74, 6) is 1.19. The monoisotopic (exact) mass is 298 g/mol. The quantitative estimate of drug-likeness (QED) is 0.918. The van der Waals surface area contributed by atoms with E-state index in [-0.39, 0.29) is 12.0 Å². The molecule has 0 aliphatic carbocycles. The van der Waals surface area contributed by atoms with Crippen molar-refractivity contribution in [1.82, 2.24) is 9.88 Å². The number of methoxy groups -OCH3 is 1. The molecule has 1 aliphatic rings. The number of hydrogen-bond acceptors (Lipinski definition) is 4. The molecule has 116 valence electrons. The summed E-state index contributed by atoms with van der Waals surface area (Å²) in [7, 11) is 1.70. The predicted molar refractivity (Wildman–Crippen MR) is 85.7 cm³/mol. The number of likely N-dealkylation sites (tertiary alicyclic amines) is 1. The maximum absolute atomic E-state index is 10.3. The SMILES string of the molecule is COc1ccccc1CN1C[C@@H](Cc2ccncc2)[C@@H](O)C1. The highest BCUT2D eigenvalue weighted by Gasteiger charge is 2.31. The Morgan fingerprint density at radius 2 is 1.95 bits per heavy atom. The smallest absolute Gasteiger partial charge is 0.123 e. The number of aliphatic hydroxyl groups is 1. The molecule has 2 atom stereocenters. The predicted octanol–water partition coefficient (Wildman–Crippen LogP) is 2.13. The van der Waals surface area contributed by atoms with Crippen molar-refractivity contribution in [1.29, 1.82) is 0 Å². The first-order chi connectivity index (χ1) is 10.8. The van der Waals surface area contributed by atoms with Gasteiger partial charge in [-0.15, -0.1) is 0 Å². The van der Waals surface area contributed by atoms with Crippen LogP contribution in [0.1, 0.15) is 11.1 Å². The van der Waals surface area contributed by atoms with E-state index < -0.39 is 0 Å². The fourth-order valence-corrected chi connectivity index (χ4v) is 3.17. The Bertz CT molecular complexity index is 603. The van der Waals surface area contributed by atoms with Gasteiger partial charge in [-0.25, -0.2) is 0 Å². The van der Waals surface area contributed by atoms with Gasteiger partial charge in [0.2, 0.25) is 0 Å². The number of nitrogens with zero attached hydrogens (tertiary/aromatic N) is 2. The lowest BCUT2D eigenvalue weighted by atomic mass is 9.97. The summed E-state index contributed by atoms with van der Waals surface area (Å²) in [6.45, 7) is 2.43. The number of ether oxygens (including phenoxy) is 1. The fraction of sp³-hybridized carbons (Fsp3) is 0.389. The van der Waals surface area contributed by atoms with Gasteiger partial charge in [0, 0.05) is 43.5 Å². The molecular weight excluding hydrogens is 276 g/mol. The minimum absolute atomic E-state index is 0.275. The molecule has 1 aliphatic heterocycles. The van der Waals surface area contributed by atoms with Crippen LogP contribution >= 0.6 is 0 Å². The molecule has 2 heterocycles. The number of hydrogen-bond donors (Lipinski definition) is 1. The van der Waals surface area contributed by atoms with Crippen LogP contribution in [0.2, 0.25) is 0 Å². The maximum atomic E-state index is 10.3. The second-order valence-electron chi connectivity index (χ2n) is 5.89. The first-order valence-corrected chi connectivity index (χ1v) is 7.67. The Hall–Kier alpha value is -1.91. The Kier molecular flexibility index (Phi) is 4.71. The van der Waals surface area contributed by atoms with Crippen molar-refractivity contribution in [3.63, 3.8) is 0 Å². The molecule has 0 radical (unpaired) electrons. The van der Waals surface area contributed by atoms with Gasteiger partial charge in [-0.05, 0) is 30.2 Å². The molecule has 0 spiro atoms. The molecule has 0 amide bonds. The van der Waals surface area contributed by atoms with Gasteiger partial charge in [0.25, 0.3) is 0 Å². The minimum Gasteiger partial charge on any atom is -0.496 e. The van der Waals surface area contributed by atoms with E-state index in [1.807, 2.05) is 42.7 Å². The van der Waals surface area contributed by atoms with Crippen LogP contribution in [0, 0.1) is 5.92 Å². The minimum atomic E-state index is -0.275. The summed E-state index contributed by atoms with van der Waals surface area (Å²) in [5.41, 5.74) is 2.40. The van der Waals surface area contributed by atoms with Crippen molar-refractivity contribution in [2.24, 2.45) is 5.92 Å². The largest absolute Gasteiger partial charge is 0.496 e. The first-order valence-electron chi connectivity index (χ1n) is 7.67. The van der Waals surface area contributed by atoms with Crippen molar-refractivity contribution in [3.8, 4) is 5.75 Å². The molecule has 0 saturated carbocycles. The molecule has 1 saturated heterocycles. The lowest BCUT2D eigenvalue weighted by Gasteiger charge is -2.17. The summed E-state index contributed by atoms with van der Waals surface area (Å²) in [6, 6.07) is 12.1. The number of rotatable bonds is 5. The third-order valence-electron chi connectivity index (χ3n) is 4.32. The van der Waals surface area contributed by atoms with Crippen LogP contribution in [0.5, 0.6) is 5.75 Å². The molecule has 22 heavy (non-hydrogen) atoms. The molecule has 1 N–H and O–H groups in total. The maximum Gasteiger partial charge on any atom is 0.123 e. The van der Waals surface area contributed by atoms with E-state index in [4.69, 9.17) is 4.74 Å². The topological polar surface area (TPSA) is 45.6 Å². The Morgan fingerprint density at radius 1 is 1.18 bits per heavy atom. The molecule has 1 aromatic carbocycles. The highest BCUT2D eigenvalue weighted by Crippen LogP contribution is 2.25. The molecule has 0 unspecified atom stereocenters. The summed E-state index contributed by atoms with van der Waals surface area (Å²) in [6.07, 6.45) is 4.24. The molecule has 3 rings (SSSR count). The van der Waals surface area contributed by atoms with Crippen LogP contribution in [0.25, 0.3) is 0 Å². The van der Waals surface area contributed by atoms with Crippen LogP contribution in [0.15, 0.2) is 48.8 Å². The highest BCUT2D eigenvalue weighted by molar-refractivity contribution is 5.33. The van der Waals surface area contributed by atoms with Gasteiger partial charge in [-0.2, -0.15) is 0 Å². The normalized spacial score (nSPS) is 21.9. The van der Waals surface area contributed by atoms with Crippen molar-refractivity contribution in [2.45, 2.75) is 19.1 Å². The van der Waals surface area contributed by atoms with Crippen molar-refractivity contribution in [2.75, 3.05) is 20.2 Å². The first kappa shape index (κ1) is 15.0. The van der Waals surface area contributed by atoms with E-state index in [9.17, 15) is 5.11 Å². The van der Waals surface area contributed by atoms with Gasteiger partial charge in [0.15, 0.2) is 0 Å². The van der Waals surface area contributed by atoms with E-state index in [1.165, 1.54) is 11.1 Å². The molecule has 1 fully saturated rings. The highest BCUT2D eigenvalue weighted by atomic mass is 16.5. The Morgan fingerprint density at radius 3 is 2.73 bits per heavy atom. The molecule has 4 heteroatoms. The third kappa shape index (κ3) is 3.46. The zero-order valence-corrected chi connectivity index (χ0v) is 12.9. The number of aliphatic hydroxyl groups excluding tert-OH is 1. The zero-order valence-electron chi connectivity index (χ0n) is 12.9. The molecular formula is C18H22N2O2. The van der Waals surface area contributed by atoms with Gasteiger partial charge in [0.1, 0.15) is 5.75 Å². The standard InChI is InChI=1S/C18H22N2O2/c1-22-18-5-3-2-4-15(18)11-20-12-16(17(21)13-20)10-14-6-8-19-9-7-14/h2-9,16-17,21H,10-13H2,1H3/t16-,17+/m1/s1. The molecule has 1 aromatic heterocycles.